The second-order valence-corrected chi connectivity index (χ2v) is 10.2. The Bertz CT molecular complexity index is 1190. The number of alkyl halides is 6. The third-order valence-electron chi connectivity index (χ3n) is 7.56. The third kappa shape index (κ3) is 10.2. The Morgan fingerprint density at radius 3 is 1.88 bits per heavy atom. The molecule has 0 bridgehead atoms. The van der Waals surface area contributed by atoms with Crippen LogP contribution in [0.25, 0.3) is 0 Å². The molecule has 4 rings (SSSR count). The van der Waals surface area contributed by atoms with Gasteiger partial charge in [0.15, 0.2) is 0 Å². The number of aromatic nitrogens is 1. The van der Waals surface area contributed by atoms with Crippen molar-refractivity contribution >= 4 is 17.8 Å². The summed E-state index contributed by atoms with van der Waals surface area (Å²) in [7, 11) is 0. The van der Waals surface area contributed by atoms with Crippen molar-refractivity contribution in [2.24, 2.45) is 0 Å². The maximum absolute atomic E-state index is 12.8. The second kappa shape index (κ2) is 15.2. The minimum absolute atomic E-state index is 0.241. The molecule has 1 unspecified atom stereocenters. The standard InChI is InChI=1S/C25H33N3O.2C2HF3O2/c1-3-28(4-2)24(29)17-20-18-25(23-11-6-5-10-22(20)23)12-15-27(16-13-25)19-21-9-7-8-14-26-21;2*3-2(4,5)1(6)7/h5-11,14,20H,3-4,12-13,15-19H2,1-2H3;2*(H,6,7). The predicted molar refractivity (Wildman–Crippen MR) is 144 cm³/mol. The van der Waals surface area contributed by atoms with E-state index in [2.05, 4.69) is 60.1 Å². The molecule has 1 aliphatic heterocycles. The van der Waals surface area contributed by atoms with Gasteiger partial charge in [-0.15, -0.1) is 0 Å². The number of halogens is 6. The van der Waals surface area contributed by atoms with E-state index in [0.29, 0.717) is 18.2 Å². The minimum atomic E-state index is -5.08. The van der Waals surface area contributed by atoms with E-state index in [9.17, 15) is 31.1 Å². The first-order valence-electron chi connectivity index (χ1n) is 13.6. The summed E-state index contributed by atoms with van der Waals surface area (Å²) in [6, 6.07) is 15.1. The van der Waals surface area contributed by atoms with Gasteiger partial charge in [-0.3, -0.25) is 14.7 Å². The summed E-state index contributed by atoms with van der Waals surface area (Å²) < 4.78 is 63.5. The van der Waals surface area contributed by atoms with E-state index in [1.807, 2.05) is 17.2 Å². The Hall–Kier alpha value is -3.68. The van der Waals surface area contributed by atoms with Gasteiger partial charge in [0.05, 0.1) is 5.69 Å². The van der Waals surface area contributed by atoms with Crippen LogP contribution in [0, 0.1) is 0 Å². The fraction of sp³-hybridized carbons (Fsp3) is 0.517. The summed E-state index contributed by atoms with van der Waals surface area (Å²) in [5.74, 6) is -4.85. The SMILES string of the molecule is CCN(CC)C(=O)CC1CC2(CCN(Cc3ccccn3)CC2)c2ccccc21.O=C(O)C(F)(F)F.O=C(O)C(F)(F)F. The molecule has 1 atom stereocenters. The third-order valence-corrected chi connectivity index (χ3v) is 7.56. The molecule has 2 aliphatic rings. The minimum Gasteiger partial charge on any atom is -0.475 e. The summed E-state index contributed by atoms with van der Waals surface area (Å²) in [6.45, 7) is 8.88. The van der Waals surface area contributed by atoms with Crippen LogP contribution in [0.1, 0.15) is 62.3 Å². The number of carbonyl (C=O) groups excluding carboxylic acids is 1. The van der Waals surface area contributed by atoms with Crippen molar-refractivity contribution in [2.75, 3.05) is 26.2 Å². The Morgan fingerprint density at radius 1 is 0.907 bits per heavy atom. The van der Waals surface area contributed by atoms with E-state index in [-0.39, 0.29) is 5.41 Å². The van der Waals surface area contributed by atoms with E-state index in [1.165, 1.54) is 24.0 Å². The molecule has 1 aromatic carbocycles. The Balaban J connectivity index is 0.000000384. The first kappa shape index (κ1) is 35.5. The van der Waals surface area contributed by atoms with E-state index in [4.69, 9.17) is 19.8 Å². The summed E-state index contributed by atoms with van der Waals surface area (Å²) >= 11 is 0. The van der Waals surface area contributed by atoms with Crippen molar-refractivity contribution < 1.29 is 50.9 Å². The largest absolute Gasteiger partial charge is 0.490 e. The lowest BCUT2D eigenvalue weighted by atomic mass is 9.73. The van der Waals surface area contributed by atoms with Gasteiger partial charge in [-0.1, -0.05) is 30.3 Å². The Morgan fingerprint density at radius 2 is 1.42 bits per heavy atom. The molecule has 0 saturated carbocycles. The molecule has 8 nitrogen and oxygen atoms in total. The number of carboxylic acids is 2. The average Bonchev–Trinajstić information content (AvgIpc) is 3.23. The highest BCUT2D eigenvalue weighted by atomic mass is 19.4. The molecule has 238 valence electrons. The number of carboxylic acid groups (broad SMARTS) is 2. The molecular formula is C29H35F6N3O5. The molecule has 2 heterocycles. The van der Waals surface area contributed by atoms with Crippen molar-refractivity contribution in [3.8, 4) is 0 Å². The summed E-state index contributed by atoms with van der Waals surface area (Å²) in [5.41, 5.74) is 4.32. The van der Waals surface area contributed by atoms with Crippen LogP contribution in [0.2, 0.25) is 0 Å². The second-order valence-electron chi connectivity index (χ2n) is 10.2. The van der Waals surface area contributed by atoms with Crippen LogP contribution in [0.4, 0.5) is 26.3 Å². The molecule has 2 aromatic rings. The molecule has 2 N–H and O–H groups in total. The van der Waals surface area contributed by atoms with E-state index in [1.54, 1.807) is 0 Å². The maximum Gasteiger partial charge on any atom is 0.490 e. The number of aliphatic carboxylic acids is 2. The molecule has 43 heavy (non-hydrogen) atoms. The normalized spacial score (nSPS) is 17.5. The van der Waals surface area contributed by atoms with E-state index >= 15 is 0 Å². The topological polar surface area (TPSA) is 111 Å². The highest BCUT2D eigenvalue weighted by Gasteiger charge is 2.45. The number of benzene rings is 1. The monoisotopic (exact) mass is 619 g/mol. The summed E-state index contributed by atoms with van der Waals surface area (Å²) in [6.07, 6.45) is -4.17. The lowest BCUT2D eigenvalue weighted by molar-refractivity contribution is -0.193. The van der Waals surface area contributed by atoms with Crippen LogP contribution in [0.5, 0.6) is 0 Å². The molecule has 14 heteroatoms. The van der Waals surface area contributed by atoms with E-state index < -0.39 is 24.3 Å². The number of pyridine rings is 1. The number of likely N-dealkylation sites (tertiary alicyclic amines) is 1. The number of piperidine rings is 1. The van der Waals surface area contributed by atoms with Gasteiger partial charge in [-0.05, 0) is 80.8 Å². The van der Waals surface area contributed by atoms with Crippen LogP contribution >= 0.6 is 0 Å². The Labute approximate surface area is 245 Å². The predicted octanol–water partition coefficient (Wildman–Crippen LogP) is 5.63. The number of amides is 1. The van der Waals surface area contributed by atoms with Crippen molar-refractivity contribution in [2.45, 2.75) is 69.8 Å². The summed E-state index contributed by atoms with van der Waals surface area (Å²) in [4.78, 5) is 39.6. The highest BCUT2D eigenvalue weighted by Crippen LogP contribution is 2.52. The molecule has 1 spiro atoms. The van der Waals surface area contributed by atoms with Gasteiger partial charge >= 0.3 is 24.3 Å². The fourth-order valence-corrected chi connectivity index (χ4v) is 5.46. The number of hydrogen-bond acceptors (Lipinski definition) is 5. The molecule has 1 aromatic heterocycles. The van der Waals surface area contributed by atoms with Crippen LogP contribution in [0.3, 0.4) is 0 Å². The first-order valence-corrected chi connectivity index (χ1v) is 13.6. The van der Waals surface area contributed by atoms with Gasteiger partial charge in [-0.25, -0.2) is 9.59 Å². The maximum atomic E-state index is 12.8. The summed E-state index contributed by atoms with van der Waals surface area (Å²) in [5, 5.41) is 14.2. The van der Waals surface area contributed by atoms with Gasteiger partial charge in [0, 0.05) is 32.3 Å². The van der Waals surface area contributed by atoms with Gasteiger partial charge in [0.2, 0.25) is 5.91 Å². The fourth-order valence-electron chi connectivity index (χ4n) is 5.46. The van der Waals surface area contributed by atoms with Crippen LogP contribution < -0.4 is 0 Å². The molecule has 1 fully saturated rings. The molecule has 1 aliphatic carbocycles. The Kier molecular flexibility index (Phi) is 12.5. The first-order chi connectivity index (χ1) is 20.0. The van der Waals surface area contributed by atoms with Crippen molar-refractivity contribution in [3.63, 3.8) is 0 Å². The van der Waals surface area contributed by atoms with Gasteiger partial charge < -0.3 is 15.1 Å². The average molecular weight is 620 g/mol. The quantitative estimate of drug-likeness (QED) is 0.404. The molecule has 0 radical (unpaired) electrons. The number of carbonyl (C=O) groups is 3. The van der Waals surface area contributed by atoms with Crippen LogP contribution in [-0.2, 0) is 26.3 Å². The van der Waals surface area contributed by atoms with Crippen LogP contribution in [0.15, 0.2) is 48.7 Å². The van der Waals surface area contributed by atoms with Gasteiger partial charge in [0.25, 0.3) is 0 Å². The van der Waals surface area contributed by atoms with Crippen molar-refractivity contribution in [3.05, 3.63) is 65.5 Å². The number of rotatable bonds is 6. The zero-order valence-electron chi connectivity index (χ0n) is 23.8. The number of fused-ring (bicyclic) bond motifs is 2. The lowest BCUT2D eigenvalue weighted by Gasteiger charge is -2.40. The molecular weight excluding hydrogens is 584 g/mol. The van der Waals surface area contributed by atoms with Crippen molar-refractivity contribution in [1.82, 2.24) is 14.8 Å². The zero-order chi connectivity index (χ0) is 32.4. The smallest absolute Gasteiger partial charge is 0.475 e. The van der Waals surface area contributed by atoms with Crippen molar-refractivity contribution in [1.29, 1.82) is 0 Å². The zero-order valence-corrected chi connectivity index (χ0v) is 23.8. The lowest BCUT2D eigenvalue weighted by Crippen LogP contribution is -2.41. The van der Waals surface area contributed by atoms with E-state index in [0.717, 1.165) is 44.8 Å². The number of hydrogen-bond donors (Lipinski definition) is 2. The van der Waals surface area contributed by atoms with Gasteiger partial charge in [0.1, 0.15) is 0 Å². The van der Waals surface area contributed by atoms with Crippen LogP contribution in [-0.4, -0.2) is 81.4 Å². The highest BCUT2D eigenvalue weighted by molar-refractivity contribution is 5.77. The molecule has 1 saturated heterocycles. The number of nitrogens with zero attached hydrogens (tertiary/aromatic N) is 3. The van der Waals surface area contributed by atoms with Gasteiger partial charge in [-0.2, -0.15) is 26.3 Å². The molecule has 1 amide bonds.